The third-order valence-corrected chi connectivity index (χ3v) is 4.74. The fraction of sp³-hybridized carbons (Fsp3) is 0.261. The van der Waals surface area contributed by atoms with Gasteiger partial charge in [0.1, 0.15) is 0 Å². The molecule has 2 N–H and O–H groups in total. The van der Waals surface area contributed by atoms with Crippen LogP contribution in [0.5, 0.6) is 0 Å². The summed E-state index contributed by atoms with van der Waals surface area (Å²) >= 11 is 0. The number of benzene rings is 2. The van der Waals surface area contributed by atoms with Gasteiger partial charge in [-0.05, 0) is 62.2 Å². The van der Waals surface area contributed by atoms with E-state index in [9.17, 15) is 9.59 Å². The number of aromatic nitrogens is 2. The zero-order valence-corrected chi connectivity index (χ0v) is 17.2. The normalized spacial score (nSPS) is 10.6. The number of aryl methyl sites for hydroxylation is 3. The molecular weight excluding hydrogens is 364 g/mol. The third kappa shape index (κ3) is 5.10. The molecule has 0 radical (unpaired) electrons. The fourth-order valence-corrected chi connectivity index (χ4v) is 3.05. The van der Waals surface area contributed by atoms with Gasteiger partial charge < -0.3 is 10.6 Å². The van der Waals surface area contributed by atoms with E-state index >= 15 is 0 Å². The predicted octanol–water partition coefficient (Wildman–Crippen LogP) is 4.46. The van der Waals surface area contributed by atoms with Crippen LogP contribution >= 0.6 is 0 Å². The maximum Gasteiger partial charge on any atom is 0.255 e. The van der Waals surface area contributed by atoms with Gasteiger partial charge in [0, 0.05) is 29.1 Å². The van der Waals surface area contributed by atoms with E-state index < -0.39 is 0 Å². The Kier molecular flexibility index (Phi) is 6.12. The van der Waals surface area contributed by atoms with Gasteiger partial charge in [0.15, 0.2) is 0 Å². The molecule has 3 rings (SSSR count). The standard InChI is InChI=1S/C23H26N4O2/c1-5-22(28)24-20-11-6-15(2)21(13-20)25-23(29)19-9-7-18(8-10-19)14-27-17(4)12-16(3)26-27/h6-13H,5,14H2,1-4H3,(H,24,28)(H,25,29). The van der Waals surface area contributed by atoms with Gasteiger partial charge in [0.25, 0.3) is 5.91 Å². The fourth-order valence-electron chi connectivity index (χ4n) is 3.05. The smallest absolute Gasteiger partial charge is 0.255 e. The predicted molar refractivity (Wildman–Crippen MR) is 115 cm³/mol. The molecule has 2 aromatic carbocycles. The maximum absolute atomic E-state index is 12.7. The van der Waals surface area contributed by atoms with Gasteiger partial charge in [0.2, 0.25) is 5.91 Å². The molecule has 0 aliphatic rings. The van der Waals surface area contributed by atoms with E-state index in [0.29, 0.717) is 29.9 Å². The average molecular weight is 390 g/mol. The summed E-state index contributed by atoms with van der Waals surface area (Å²) in [6.07, 6.45) is 0.402. The molecule has 6 heteroatoms. The molecule has 2 amide bonds. The lowest BCUT2D eigenvalue weighted by Crippen LogP contribution is -2.14. The summed E-state index contributed by atoms with van der Waals surface area (Å²) in [5, 5.41) is 10.2. The molecule has 29 heavy (non-hydrogen) atoms. The highest BCUT2D eigenvalue weighted by molar-refractivity contribution is 6.05. The minimum atomic E-state index is -0.190. The molecule has 150 valence electrons. The van der Waals surface area contributed by atoms with Crippen LogP contribution in [-0.4, -0.2) is 21.6 Å². The van der Waals surface area contributed by atoms with Gasteiger partial charge in [-0.2, -0.15) is 5.10 Å². The maximum atomic E-state index is 12.7. The molecule has 0 bridgehead atoms. The molecule has 3 aromatic rings. The van der Waals surface area contributed by atoms with E-state index in [1.165, 1.54) is 0 Å². The minimum Gasteiger partial charge on any atom is -0.326 e. The summed E-state index contributed by atoms with van der Waals surface area (Å²) in [4.78, 5) is 24.3. The lowest BCUT2D eigenvalue weighted by Gasteiger charge is -2.12. The first-order valence-electron chi connectivity index (χ1n) is 9.67. The molecular formula is C23H26N4O2. The highest BCUT2D eigenvalue weighted by Gasteiger charge is 2.10. The number of nitrogens with zero attached hydrogens (tertiary/aromatic N) is 2. The quantitative estimate of drug-likeness (QED) is 0.652. The number of nitrogens with one attached hydrogen (secondary N) is 2. The SMILES string of the molecule is CCC(=O)Nc1ccc(C)c(NC(=O)c2ccc(Cn3nc(C)cc3C)cc2)c1. The number of hydrogen-bond acceptors (Lipinski definition) is 3. The van der Waals surface area contributed by atoms with Crippen LogP contribution in [0.4, 0.5) is 11.4 Å². The van der Waals surface area contributed by atoms with Crippen molar-refractivity contribution in [3.63, 3.8) is 0 Å². The van der Waals surface area contributed by atoms with Crippen molar-refractivity contribution >= 4 is 23.2 Å². The summed E-state index contributed by atoms with van der Waals surface area (Å²) in [6.45, 7) is 8.38. The largest absolute Gasteiger partial charge is 0.326 e. The highest BCUT2D eigenvalue weighted by atomic mass is 16.2. The number of hydrogen-bond donors (Lipinski definition) is 2. The zero-order valence-electron chi connectivity index (χ0n) is 17.2. The van der Waals surface area contributed by atoms with Crippen molar-refractivity contribution in [1.82, 2.24) is 9.78 Å². The third-order valence-electron chi connectivity index (χ3n) is 4.74. The molecule has 0 spiro atoms. The van der Waals surface area contributed by atoms with Crippen LogP contribution in [0.3, 0.4) is 0 Å². The van der Waals surface area contributed by atoms with Gasteiger partial charge in [-0.25, -0.2) is 0 Å². The van der Waals surface area contributed by atoms with E-state index in [2.05, 4.69) is 15.7 Å². The molecule has 1 aromatic heterocycles. The molecule has 0 atom stereocenters. The second kappa shape index (κ2) is 8.73. The van der Waals surface area contributed by atoms with E-state index in [1.807, 2.05) is 67.9 Å². The number of carbonyl (C=O) groups is 2. The van der Waals surface area contributed by atoms with Crippen LogP contribution in [0.2, 0.25) is 0 Å². The van der Waals surface area contributed by atoms with Crippen LogP contribution < -0.4 is 10.6 Å². The Morgan fingerprint density at radius 2 is 1.69 bits per heavy atom. The van der Waals surface area contributed by atoms with Crippen LogP contribution in [0.1, 0.15) is 46.2 Å². The summed E-state index contributed by atoms with van der Waals surface area (Å²) in [5.74, 6) is -0.255. The van der Waals surface area contributed by atoms with Crippen LogP contribution in [0, 0.1) is 20.8 Å². The number of rotatable bonds is 6. The highest BCUT2D eigenvalue weighted by Crippen LogP contribution is 2.21. The van der Waals surface area contributed by atoms with Crippen LogP contribution in [0.25, 0.3) is 0 Å². The second-order valence-electron chi connectivity index (χ2n) is 7.17. The summed E-state index contributed by atoms with van der Waals surface area (Å²) in [5.41, 5.74) is 6.02. The molecule has 6 nitrogen and oxygen atoms in total. The van der Waals surface area contributed by atoms with Crippen molar-refractivity contribution in [1.29, 1.82) is 0 Å². The summed E-state index contributed by atoms with van der Waals surface area (Å²) < 4.78 is 1.95. The van der Waals surface area contributed by atoms with Gasteiger partial charge in [-0.1, -0.05) is 25.1 Å². The zero-order chi connectivity index (χ0) is 21.0. The molecule has 1 heterocycles. The number of carbonyl (C=O) groups excluding carboxylic acids is 2. The first-order valence-corrected chi connectivity index (χ1v) is 9.67. The first-order chi connectivity index (χ1) is 13.9. The Morgan fingerprint density at radius 3 is 2.31 bits per heavy atom. The van der Waals surface area contributed by atoms with Gasteiger partial charge in [-0.15, -0.1) is 0 Å². The van der Waals surface area contributed by atoms with Crippen molar-refractivity contribution in [3.8, 4) is 0 Å². The molecule has 0 fully saturated rings. The minimum absolute atomic E-state index is 0.0654. The van der Waals surface area contributed by atoms with Crippen molar-refractivity contribution in [2.75, 3.05) is 10.6 Å². The van der Waals surface area contributed by atoms with Crippen molar-refractivity contribution in [2.24, 2.45) is 0 Å². The second-order valence-corrected chi connectivity index (χ2v) is 7.17. The van der Waals surface area contributed by atoms with E-state index in [4.69, 9.17) is 0 Å². The summed E-state index contributed by atoms with van der Waals surface area (Å²) in [7, 11) is 0. The average Bonchev–Trinajstić information content (AvgIpc) is 3.01. The molecule has 0 unspecified atom stereocenters. The Hall–Kier alpha value is -3.41. The monoisotopic (exact) mass is 390 g/mol. The topological polar surface area (TPSA) is 76.0 Å². The van der Waals surface area contributed by atoms with Crippen LogP contribution in [0.15, 0.2) is 48.5 Å². The Balaban J connectivity index is 1.70. The van der Waals surface area contributed by atoms with Crippen LogP contribution in [-0.2, 0) is 11.3 Å². The van der Waals surface area contributed by atoms with Crippen molar-refractivity contribution < 1.29 is 9.59 Å². The lowest BCUT2D eigenvalue weighted by atomic mass is 10.1. The molecule has 0 aliphatic carbocycles. The number of amides is 2. The molecule has 0 aliphatic heterocycles. The van der Waals surface area contributed by atoms with E-state index in [1.54, 1.807) is 13.0 Å². The van der Waals surface area contributed by atoms with Gasteiger partial charge in [0.05, 0.1) is 12.2 Å². The lowest BCUT2D eigenvalue weighted by molar-refractivity contribution is -0.115. The molecule has 0 saturated heterocycles. The van der Waals surface area contributed by atoms with Gasteiger partial charge in [-0.3, -0.25) is 14.3 Å². The van der Waals surface area contributed by atoms with E-state index in [0.717, 1.165) is 22.5 Å². The van der Waals surface area contributed by atoms with Crippen molar-refractivity contribution in [3.05, 3.63) is 76.6 Å². The molecule has 0 saturated carbocycles. The Bertz CT molecular complexity index is 1040. The Morgan fingerprint density at radius 1 is 0.966 bits per heavy atom. The summed E-state index contributed by atoms with van der Waals surface area (Å²) in [6, 6.07) is 15.0. The first kappa shape index (κ1) is 20.3. The Labute approximate surface area is 170 Å². The number of anilines is 2. The van der Waals surface area contributed by atoms with Crippen molar-refractivity contribution in [2.45, 2.75) is 40.7 Å². The van der Waals surface area contributed by atoms with E-state index in [-0.39, 0.29) is 11.8 Å². The van der Waals surface area contributed by atoms with Gasteiger partial charge >= 0.3 is 0 Å².